The zero-order valence-electron chi connectivity index (χ0n) is 13.4. The molecule has 0 bridgehead atoms. The van der Waals surface area contributed by atoms with Crippen molar-refractivity contribution >= 4 is 21.6 Å². The van der Waals surface area contributed by atoms with Gasteiger partial charge in [-0.3, -0.25) is 9.89 Å². The first-order valence-electron chi connectivity index (χ1n) is 7.87. The summed E-state index contributed by atoms with van der Waals surface area (Å²) in [7, 11) is -3.93. The number of rotatable bonds is 4. The second-order valence-electron chi connectivity index (χ2n) is 6.07. The second kappa shape index (κ2) is 6.64. The number of anilines is 1. The lowest BCUT2D eigenvalue weighted by atomic mass is 9.99. The van der Waals surface area contributed by atoms with E-state index in [-0.39, 0.29) is 5.03 Å². The van der Waals surface area contributed by atoms with E-state index in [1.165, 1.54) is 12.3 Å². The molecule has 0 radical (unpaired) electrons. The van der Waals surface area contributed by atoms with Gasteiger partial charge in [0.25, 0.3) is 15.9 Å². The molecule has 0 saturated carbocycles. The van der Waals surface area contributed by atoms with Gasteiger partial charge in [-0.25, -0.2) is 4.72 Å². The number of nitrogens with one attached hydrogen (secondary N) is 2. The van der Waals surface area contributed by atoms with Gasteiger partial charge in [-0.15, -0.1) is 0 Å². The molecule has 1 aromatic heterocycles. The number of carbonyl (C=O) groups is 1. The predicted octanol–water partition coefficient (Wildman–Crippen LogP) is 1.76. The molecule has 2 aromatic rings. The molecule has 24 heavy (non-hydrogen) atoms. The molecule has 8 heteroatoms. The van der Waals surface area contributed by atoms with Crippen molar-refractivity contribution in [2.45, 2.75) is 24.8 Å². The molecule has 3 rings (SSSR count). The Balaban J connectivity index is 1.68. The lowest BCUT2D eigenvalue weighted by molar-refractivity contribution is 0.0981. The first-order chi connectivity index (χ1) is 11.5. The van der Waals surface area contributed by atoms with Crippen LogP contribution >= 0.6 is 0 Å². The number of aromatic amines is 1. The van der Waals surface area contributed by atoms with Crippen LogP contribution in [0.2, 0.25) is 0 Å². The first kappa shape index (κ1) is 16.5. The SMILES string of the molecule is CC1CCN(c2ccc(C(=O)NS(=O)(=O)c3ccn[nH]3)cc2)CC1. The molecular weight excluding hydrogens is 328 g/mol. The maximum absolute atomic E-state index is 12.1. The van der Waals surface area contributed by atoms with E-state index < -0.39 is 15.9 Å². The molecule has 1 saturated heterocycles. The second-order valence-corrected chi connectivity index (χ2v) is 7.72. The van der Waals surface area contributed by atoms with Gasteiger partial charge in [0.2, 0.25) is 0 Å². The summed E-state index contributed by atoms with van der Waals surface area (Å²) in [5.74, 6) is 0.0856. The topological polar surface area (TPSA) is 95.2 Å². The van der Waals surface area contributed by atoms with Gasteiger partial charge in [-0.1, -0.05) is 6.92 Å². The molecule has 0 unspecified atom stereocenters. The van der Waals surface area contributed by atoms with Gasteiger partial charge in [0.1, 0.15) is 0 Å². The molecule has 1 fully saturated rings. The van der Waals surface area contributed by atoms with Crippen LogP contribution in [-0.2, 0) is 10.0 Å². The molecule has 2 heterocycles. The average molecular weight is 348 g/mol. The molecule has 2 N–H and O–H groups in total. The van der Waals surface area contributed by atoms with Gasteiger partial charge in [-0.2, -0.15) is 13.5 Å². The summed E-state index contributed by atoms with van der Waals surface area (Å²) >= 11 is 0. The molecule has 1 aromatic carbocycles. The highest BCUT2D eigenvalue weighted by molar-refractivity contribution is 7.90. The number of nitrogens with zero attached hydrogens (tertiary/aromatic N) is 2. The number of amides is 1. The first-order valence-corrected chi connectivity index (χ1v) is 9.35. The smallest absolute Gasteiger partial charge is 0.281 e. The number of benzene rings is 1. The maximum Gasteiger partial charge on any atom is 0.281 e. The summed E-state index contributed by atoms with van der Waals surface area (Å²) in [5, 5.41) is 5.76. The Kier molecular flexibility index (Phi) is 4.57. The van der Waals surface area contributed by atoms with Crippen molar-refractivity contribution in [3.05, 3.63) is 42.1 Å². The van der Waals surface area contributed by atoms with Gasteiger partial charge in [0.15, 0.2) is 5.03 Å². The maximum atomic E-state index is 12.1. The van der Waals surface area contributed by atoms with E-state index >= 15 is 0 Å². The Morgan fingerprint density at radius 3 is 2.46 bits per heavy atom. The number of H-pyrrole nitrogens is 1. The molecule has 128 valence electrons. The van der Waals surface area contributed by atoms with Gasteiger partial charge in [-0.05, 0) is 49.1 Å². The zero-order chi connectivity index (χ0) is 17.2. The van der Waals surface area contributed by atoms with Crippen molar-refractivity contribution < 1.29 is 13.2 Å². The molecule has 0 atom stereocenters. The van der Waals surface area contributed by atoms with Crippen molar-refractivity contribution in [2.24, 2.45) is 5.92 Å². The fraction of sp³-hybridized carbons (Fsp3) is 0.375. The Morgan fingerprint density at radius 1 is 1.21 bits per heavy atom. The Labute approximate surface area is 141 Å². The molecule has 1 aliphatic rings. The van der Waals surface area contributed by atoms with Crippen LogP contribution in [0.25, 0.3) is 0 Å². The molecular formula is C16H20N4O3S. The van der Waals surface area contributed by atoms with E-state index in [4.69, 9.17) is 0 Å². The minimum atomic E-state index is -3.93. The summed E-state index contributed by atoms with van der Waals surface area (Å²) in [6.07, 6.45) is 3.63. The highest BCUT2D eigenvalue weighted by atomic mass is 32.2. The zero-order valence-corrected chi connectivity index (χ0v) is 14.2. The monoisotopic (exact) mass is 348 g/mol. The van der Waals surface area contributed by atoms with E-state index in [9.17, 15) is 13.2 Å². The van der Waals surface area contributed by atoms with Gasteiger partial charge < -0.3 is 4.90 Å². The van der Waals surface area contributed by atoms with Crippen LogP contribution in [0.5, 0.6) is 0 Å². The summed E-state index contributed by atoms with van der Waals surface area (Å²) in [6.45, 7) is 4.26. The Morgan fingerprint density at radius 2 is 1.88 bits per heavy atom. The van der Waals surface area contributed by atoms with Crippen molar-refractivity contribution in [3.63, 3.8) is 0 Å². The Bertz CT molecular complexity index is 792. The van der Waals surface area contributed by atoms with Crippen LogP contribution in [0, 0.1) is 5.92 Å². The molecule has 7 nitrogen and oxygen atoms in total. The summed E-state index contributed by atoms with van der Waals surface area (Å²) < 4.78 is 26.0. The third kappa shape index (κ3) is 3.59. The normalized spacial score (nSPS) is 16.1. The number of sulfonamides is 1. The lowest BCUT2D eigenvalue weighted by Gasteiger charge is -2.32. The number of hydrogen-bond acceptors (Lipinski definition) is 5. The van der Waals surface area contributed by atoms with Crippen LogP contribution in [0.1, 0.15) is 30.1 Å². The van der Waals surface area contributed by atoms with E-state index in [0.29, 0.717) is 5.56 Å². The van der Waals surface area contributed by atoms with Crippen molar-refractivity contribution in [2.75, 3.05) is 18.0 Å². The number of aromatic nitrogens is 2. The van der Waals surface area contributed by atoms with E-state index in [2.05, 4.69) is 22.0 Å². The number of hydrogen-bond donors (Lipinski definition) is 2. The third-order valence-electron chi connectivity index (χ3n) is 4.27. The van der Waals surface area contributed by atoms with E-state index in [0.717, 1.165) is 37.5 Å². The van der Waals surface area contributed by atoms with Gasteiger partial charge in [0.05, 0.1) is 6.20 Å². The largest absolute Gasteiger partial charge is 0.372 e. The lowest BCUT2D eigenvalue weighted by Crippen LogP contribution is -2.33. The summed E-state index contributed by atoms with van der Waals surface area (Å²) in [6, 6.07) is 8.29. The molecule has 0 spiro atoms. The number of carbonyl (C=O) groups excluding carboxylic acids is 1. The summed E-state index contributed by atoms with van der Waals surface area (Å²) in [4.78, 5) is 14.4. The van der Waals surface area contributed by atoms with Crippen LogP contribution in [0.3, 0.4) is 0 Å². The van der Waals surface area contributed by atoms with Crippen LogP contribution in [0.4, 0.5) is 5.69 Å². The summed E-state index contributed by atoms with van der Waals surface area (Å²) in [5.41, 5.74) is 1.35. The van der Waals surface area contributed by atoms with Gasteiger partial charge >= 0.3 is 0 Å². The van der Waals surface area contributed by atoms with E-state index in [1.807, 2.05) is 16.9 Å². The van der Waals surface area contributed by atoms with Crippen molar-refractivity contribution in [1.29, 1.82) is 0 Å². The van der Waals surface area contributed by atoms with E-state index in [1.54, 1.807) is 12.1 Å². The van der Waals surface area contributed by atoms with Crippen LogP contribution < -0.4 is 9.62 Å². The quantitative estimate of drug-likeness (QED) is 0.878. The molecule has 0 aliphatic carbocycles. The average Bonchev–Trinajstić information content (AvgIpc) is 3.11. The molecule has 1 aliphatic heterocycles. The minimum Gasteiger partial charge on any atom is -0.372 e. The standard InChI is InChI=1S/C16H20N4O3S/c1-12-7-10-20(11-8-12)14-4-2-13(3-5-14)16(21)19-24(22,23)15-6-9-17-18-15/h2-6,9,12H,7-8,10-11H2,1H3,(H,17,18)(H,19,21). The predicted molar refractivity (Wildman–Crippen MR) is 90.3 cm³/mol. The fourth-order valence-electron chi connectivity index (χ4n) is 2.72. The van der Waals surface area contributed by atoms with Crippen LogP contribution in [-0.4, -0.2) is 37.6 Å². The molecule has 1 amide bonds. The fourth-order valence-corrected chi connectivity index (χ4v) is 3.60. The van der Waals surface area contributed by atoms with Crippen LogP contribution in [0.15, 0.2) is 41.6 Å². The number of piperidine rings is 1. The van der Waals surface area contributed by atoms with Crippen molar-refractivity contribution in [3.8, 4) is 0 Å². The third-order valence-corrected chi connectivity index (χ3v) is 5.53. The highest BCUT2D eigenvalue weighted by Gasteiger charge is 2.20. The minimum absolute atomic E-state index is 0.144. The Hall–Kier alpha value is -2.35. The highest BCUT2D eigenvalue weighted by Crippen LogP contribution is 2.23. The van der Waals surface area contributed by atoms with Gasteiger partial charge in [0, 0.05) is 24.3 Å². The van der Waals surface area contributed by atoms with Crippen molar-refractivity contribution in [1.82, 2.24) is 14.9 Å².